The van der Waals surface area contributed by atoms with Crippen LogP contribution >= 0.6 is 0 Å². The first-order valence-electron chi connectivity index (χ1n) is 13.7. The lowest BCUT2D eigenvalue weighted by Gasteiger charge is -2.37. The number of unbranched alkanes of at least 4 members (excludes halogenated alkanes) is 1. The third-order valence-corrected chi connectivity index (χ3v) is 7.80. The molecule has 196 valence electrons. The van der Waals surface area contributed by atoms with Crippen molar-refractivity contribution < 1.29 is 14.6 Å². The maximum Gasteiger partial charge on any atom is 0.335 e. The molecule has 0 radical (unpaired) electrons. The first-order chi connectivity index (χ1) is 17.4. The summed E-state index contributed by atoms with van der Waals surface area (Å²) in [5, 5.41) is 11.3. The molecule has 0 saturated heterocycles. The second-order valence-corrected chi connectivity index (χ2v) is 9.90. The fraction of sp³-hybridized carbons (Fsp3) is 0.485. The predicted molar refractivity (Wildman–Crippen MR) is 154 cm³/mol. The number of carbonyl (C=O) groups is 1. The zero-order chi connectivity index (χ0) is 26.6. The minimum Gasteiger partial charge on any atom is -0.496 e. The van der Waals surface area contributed by atoms with Crippen molar-refractivity contribution in [3.8, 4) is 0 Å². The van der Waals surface area contributed by atoms with Gasteiger partial charge in [-0.1, -0.05) is 89.8 Å². The molecule has 0 fully saturated rings. The lowest BCUT2D eigenvalue weighted by Crippen LogP contribution is -2.25. The van der Waals surface area contributed by atoms with Crippen molar-refractivity contribution in [2.24, 2.45) is 11.3 Å². The summed E-state index contributed by atoms with van der Waals surface area (Å²) in [6.07, 6.45) is 18.1. The van der Waals surface area contributed by atoms with E-state index in [9.17, 15) is 9.90 Å². The van der Waals surface area contributed by atoms with Gasteiger partial charge in [-0.25, -0.2) is 4.79 Å². The van der Waals surface area contributed by atoms with Gasteiger partial charge in [-0.3, -0.25) is 0 Å². The van der Waals surface area contributed by atoms with E-state index in [1.807, 2.05) is 19.1 Å². The van der Waals surface area contributed by atoms with Gasteiger partial charge in [-0.2, -0.15) is 0 Å². The van der Waals surface area contributed by atoms with Crippen molar-refractivity contribution >= 4 is 22.8 Å². The lowest BCUT2D eigenvalue weighted by atomic mass is 9.68. The quantitative estimate of drug-likeness (QED) is 0.200. The number of methoxy groups -OCH3 is 1. The molecule has 2 aromatic rings. The van der Waals surface area contributed by atoms with E-state index in [1.165, 1.54) is 37.7 Å². The number of carboxylic acids is 1. The molecule has 0 heterocycles. The summed E-state index contributed by atoms with van der Waals surface area (Å²) >= 11 is 0. The fourth-order valence-corrected chi connectivity index (χ4v) is 5.25. The zero-order valence-corrected chi connectivity index (χ0v) is 23.3. The van der Waals surface area contributed by atoms with Crippen LogP contribution in [-0.4, -0.2) is 18.2 Å². The Balaban J connectivity index is 2.56. The molecule has 1 unspecified atom stereocenters. The minimum atomic E-state index is -0.900. The summed E-state index contributed by atoms with van der Waals surface area (Å²) in [6, 6.07) is 11.5. The normalized spacial score (nSPS) is 14.5. The van der Waals surface area contributed by atoms with Gasteiger partial charge in [0.15, 0.2) is 0 Å². The highest BCUT2D eigenvalue weighted by molar-refractivity contribution is 5.95. The van der Waals surface area contributed by atoms with Crippen LogP contribution in [0.3, 0.4) is 0 Å². The number of carboxylic acid groups (broad SMARTS) is 1. The summed E-state index contributed by atoms with van der Waals surface area (Å²) in [6.45, 7) is 11.3. The van der Waals surface area contributed by atoms with Crippen LogP contribution in [0.5, 0.6) is 0 Å². The Morgan fingerprint density at radius 2 is 1.69 bits per heavy atom. The van der Waals surface area contributed by atoms with Crippen molar-refractivity contribution in [1.82, 2.24) is 0 Å². The first kappa shape index (κ1) is 29.4. The van der Waals surface area contributed by atoms with Crippen LogP contribution in [0.15, 0.2) is 66.0 Å². The average Bonchev–Trinajstić information content (AvgIpc) is 2.90. The lowest BCUT2D eigenvalue weighted by molar-refractivity contribution is 0.0697. The van der Waals surface area contributed by atoms with Crippen LogP contribution < -0.4 is 0 Å². The molecule has 3 nitrogen and oxygen atoms in total. The Kier molecular flexibility index (Phi) is 12.0. The Hall–Kier alpha value is -2.81. The van der Waals surface area contributed by atoms with Gasteiger partial charge in [0.1, 0.15) is 5.76 Å². The average molecular weight is 491 g/mol. The van der Waals surface area contributed by atoms with E-state index >= 15 is 0 Å². The Labute approximate surface area is 219 Å². The van der Waals surface area contributed by atoms with E-state index in [4.69, 9.17) is 4.74 Å². The predicted octanol–water partition coefficient (Wildman–Crippen LogP) is 9.83. The number of ether oxygens (including phenoxy) is 1. The smallest absolute Gasteiger partial charge is 0.335 e. The summed E-state index contributed by atoms with van der Waals surface area (Å²) < 4.78 is 5.98. The Morgan fingerprint density at radius 3 is 2.28 bits per heavy atom. The van der Waals surface area contributed by atoms with Crippen molar-refractivity contribution in [1.29, 1.82) is 0 Å². The molecule has 0 bridgehead atoms. The molecular formula is C33H46O3. The van der Waals surface area contributed by atoms with E-state index in [0.717, 1.165) is 47.3 Å². The van der Waals surface area contributed by atoms with E-state index in [1.54, 1.807) is 19.2 Å². The molecule has 0 aliphatic carbocycles. The number of benzene rings is 2. The molecule has 3 heteroatoms. The zero-order valence-electron chi connectivity index (χ0n) is 23.3. The van der Waals surface area contributed by atoms with E-state index in [2.05, 4.69) is 64.1 Å². The number of allylic oxidation sites excluding steroid dienone is 4. The van der Waals surface area contributed by atoms with Crippen molar-refractivity contribution in [3.63, 3.8) is 0 Å². The number of hydrogen-bond donors (Lipinski definition) is 1. The SMILES string of the molecule is C\C=C/C(OC)=C(\C=C\c1ccc2cc(C(=O)O)ccc2c1)C(CC)(CCCC)CCC(CC)CC. The molecule has 2 rings (SSSR count). The molecule has 2 aromatic carbocycles. The fourth-order valence-electron chi connectivity index (χ4n) is 5.25. The van der Waals surface area contributed by atoms with E-state index < -0.39 is 5.97 Å². The summed E-state index contributed by atoms with van der Waals surface area (Å²) in [5.74, 6) is 0.804. The molecule has 1 atom stereocenters. The van der Waals surface area contributed by atoms with Crippen LogP contribution in [0.1, 0.15) is 102 Å². The number of rotatable bonds is 15. The van der Waals surface area contributed by atoms with Gasteiger partial charge in [0.05, 0.1) is 12.7 Å². The van der Waals surface area contributed by atoms with Crippen molar-refractivity contribution in [2.75, 3.05) is 7.11 Å². The van der Waals surface area contributed by atoms with E-state index in [-0.39, 0.29) is 5.41 Å². The molecule has 0 aliphatic rings. The van der Waals surface area contributed by atoms with Gasteiger partial charge in [-0.05, 0) is 84.6 Å². The summed E-state index contributed by atoms with van der Waals surface area (Å²) in [5.41, 5.74) is 2.76. The van der Waals surface area contributed by atoms with Gasteiger partial charge >= 0.3 is 5.97 Å². The number of fused-ring (bicyclic) bond motifs is 1. The topological polar surface area (TPSA) is 46.5 Å². The van der Waals surface area contributed by atoms with Gasteiger partial charge in [0, 0.05) is 5.57 Å². The molecule has 0 amide bonds. The monoisotopic (exact) mass is 490 g/mol. The standard InChI is InChI=1S/C33H46O3/c1-7-12-21-33(11-5,22-20-25(9-3)10-4)30(31(36-6)13-8-2)19-15-26-14-16-28-24-29(32(34)35)18-17-27(28)23-26/h8,13-19,23-25H,7,9-12,20-22H2,1-6H3,(H,34,35)/b13-8-,19-15+,31-30-. The molecule has 1 N–H and O–H groups in total. The molecular weight excluding hydrogens is 444 g/mol. The summed E-state index contributed by atoms with van der Waals surface area (Å²) in [4.78, 5) is 11.3. The highest BCUT2D eigenvalue weighted by Crippen LogP contribution is 2.45. The van der Waals surface area contributed by atoms with Gasteiger partial charge in [0.25, 0.3) is 0 Å². The second kappa shape index (κ2) is 14.7. The first-order valence-corrected chi connectivity index (χ1v) is 13.7. The Morgan fingerprint density at radius 1 is 1.00 bits per heavy atom. The maximum absolute atomic E-state index is 11.3. The van der Waals surface area contributed by atoms with Crippen LogP contribution in [-0.2, 0) is 4.74 Å². The summed E-state index contributed by atoms with van der Waals surface area (Å²) in [7, 11) is 1.78. The highest BCUT2D eigenvalue weighted by atomic mass is 16.5. The molecule has 0 saturated carbocycles. The van der Waals surface area contributed by atoms with Gasteiger partial charge in [-0.15, -0.1) is 0 Å². The molecule has 0 spiro atoms. The van der Waals surface area contributed by atoms with Crippen LogP contribution in [0, 0.1) is 11.3 Å². The Bertz CT molecular complexity index is 1070. The molecule has 0 aliphatic heterocycles. The maximum atomic E-state index is 11.3. The van der Waals surface area contributed by atoms with Crippen LogP contribution in [0.4, 0.5) is 0 Å². The van der Waals surface area contributed by atoms with Gasteiger partial charge < -0.3 is 9.84 Å². The minimum absolute atomic E-state index is 0.0627. The third kappa shape index (κ3) is 7.59. The third-order valence-electron chi connectivity index (χ3n) is 7.80. The second-order valence-electron chi connectivity index (χ2n) is 9.90. The molecule has 0 aromatic heterocycles. The largest absolute Gasteiger partial charge is 0.496 e. The van der Waals surface area contributed by atoms with Crippen LogP contribution in [0.25, 0.3) is 16.8 Å². The number of aromatic carboxylic acids is 1. The van der Waals surface area contributed by atoms with Crippen LogP contribution in [0.2, 0.25) is 0 Å². The van der Waals surface area contributed by atoms with Gasteiger partial charge in [0.2, 0.25) is 0 Å². The van der Waals surface area contributed by atoms with Crippen molar-refractivity contribution in [3.05, 3.63) is 77.1 Å². The van der Waals surface area contributed by atoms with E-state index in [0.29, 0.717) is 5.56 Å². The number of hydrogen-bond acceptors (Lipinski definition) is 2. The van der Waals surface area contributed by atoms with Crippen molar-refractivity contribution in [2.45, 2.75) is 86.0 Å². The highest BCUT2D eigenvalue weighted by Gasteiger charge is 2.33. The molecule has 36 heavy (non-hydrogen) atoms.